The van der Waals surface area contributed by atoms with Gasteiger partial charge in [0.05, 0.1) is 42.5 Å². The number of rotatable bonds is 18. The highest BCUT2D eigenvalue weighted by molar-refractivity contribution is 7.93. The number of alkyl halides is 6. The number of sulfone groups is 2. The Balaban J connectivity index is 0.000000879. The monoisotopic (exact) mass is 845 g/mol. The number of carbonyl (C=O) groups excluding carboxylic acids is 1. The SMILES string of the molecule is CC(C)(C(=O)O)S(=O)(=O)CCCC(F)(F)F.COCC(C)(C)c1cc(CC(=O)C(C)(C)S(=O)(=O)CCCC(F)(F)F)on1.COCC(C)(C)c1cc(N)on1. The third kappa shape index (κ3) is 16.8. The molecule has 0 spiro atoms. The van der Waals surface area contributed by atoms with Gasteiger partial charge in [-0.15, -0.1) is 0 Å². The van der Waals surface area contributed by atoms with Crippen LogP contribution in [-0.4, -0.2) is 105 Å². The van der Waals surface area contributed by atoms with Gasteiger partial charge in [0, 0.05) is 50.0 Å². The molecule has 0 amide bonds. The number of carboxylic acids is 1. The maximum Gasteiger partial charge on any atom is 0.389 e. The summed E-state index contributed by atoms with van der Waals surface area (Å²) in [7, 11) is -4.95. The minimum Gasteiger partial charge on any atom is -0.480 e. The molecule has 55 heavy (non-hydrogen) atoms. The Kier molecular flexibility index (Phi) is 18.6. The van der Waals surface area contributed by atoms with Crippen LogP contribution in [0.2, 0.25) is 0 Å². The number of halogens is 6. The fraction of sp³-hybridized carbons (Fsp3) is 0.758. The van der Waals surface area contributed by atoms with Crippen molar-refractivity contribution in [3.05, 3.63) is 29.3 Å². The second-order valence-corrected chi connectivity index (χ2v) is 20.2. The highest BCUT2D eigenvalue weighted by atomic mass is 32.2. The van der Waals surface area contributed by atoms with Crippen LogP contribution in [0.15, 0.2) is 21.2 Å². The number of hydrogen-bond donors (Lipinski definition) is 2. The third-order valence-electron chi connectivity index (χ3n) is 8.31. The molecule has 2 aromatic heterocycles. The van der Waals surface area contributed by atoms with Crippen LogP contribution in [-0.2, 0) is 56.0 Å². The summed E-state index contributed by atoms with van der Waals surface area (Å²) in [5.74, 6) is -3.20. The number of Topliss-reactive ketones (excluding diaryl/α,β-unsaturated/α-hetero) is 1. The van der Waals surface area contributed by atoms with E-state index in [9.17, 15) is 52.8 Å². The van der Waals surface area contributed by atoms with Gasteiger partial charge in [-0.3, -0.25) is 9.59 Å². The summed E-state index contributed by atoms with van der Waals surface area (Å²) in [6.07, 6.45) is -12.8. The number of carbonyl (C=O) groups is 2. The lowest BCUT2D eigenvalue weighted by Crippen LogP contribution is -2.43. The van der Waals surface area contributed by atoms with Gasteiger partial charge < -0.3 is 29.4 Å². The van der Waals surface area contributed by atoms with Gasteiger partial charge in [0.1, 0.15) is 10.5 Å². The van der Waals surface area contributed by atoms with E-state index in [1.165, 1.54) is 13.8 Å². The van der Waals surface area contributed by atoms with Crippen molar-refractivity contribution in [3.63, 3.8) is 0 Å². The second-order valence-electron chi connectivity index (χ2n) is 14.9. The largest absolute Gasteiger partial charge is 0.480 e. The van der Waals surface area contributed by atoms with E-state index in [4.69, 9.17) is 29.4 Å². The van der Waals surface area contributed by atoms with Gasteiger partial charge in [-0.05, 0) is 40.5 Å². The van der Waals surface area contributed by atoms with Crippen molar-refractivity contribution >= 4 is 37.3 Å². The number of aromatic nitrogens is 2. The number of nitrogen functional groups attached to an aromatic ring is 1. The Bertz CT molecular complexity index is 1750. The molecule has 0 saturated carbocycles. The van der Waals surface area contributed by atoms with E-state index in [-0.39, 0.29) is 17.6 Å². The summed E-state index contributed by atoms with van der Waals surface area (Å²) in [5.41, 5.74) is 6.17. The van der Waals surface area contributed by atoms with Crippen LogP contribution < -0.4 is 5.73 Å². The number of aliphatic carboxylic acids is 1. The van der Waals surface area contributed by atoms with Crippen molar-refractivity contribution < 1.29 is 76.4 Å². The number of nitrogens with two attached hydrogens (primary N) is 1. The first-order valence-corrected chi connectivity index (χ1v) is 19.9. The van der Waals surface area contributed by atoms with E-state index in [1.54, 1.807) is 26.4 Å². The molecular formula is C33H53F6N3O11S2. The number of ketones is 1. The summed E-state index contributed by atoms with van der Waals surface area (Å²) in [6, 6.07) is 3.28. The second kappa shape index (κ2) is 19.8. The van der Waals surface area contributed by atoms with E-state index in [1.807, 2.05) is 27.7 Å². The highest BCUT2D eigenvalue weighted by Crippen LogP contribution is 2.29. The lowest BCUT2D eigenvalue weighted by molar-refractivity contribution is -0.139. The fourth-order valence-electron chi connectivity index (χ4n) is 4.31. The van der Waals surface area contributed by atoms with Crippen molar-refractivity contribution in [1.82, 2.24) is 10.3 Å². The Morgan fingerprint density at radius 3 is 1.44 bits per heavy atom. The molecule has 0 saturated heterocycles. The van der Waals surface area contributed by atoms with Crippen LogP contribution in [0.4, 0.5) is 32.2 Å². The molecule has 0 aliphatic heterocycles. The average Bonchev–Trinajstić information content (AvgIpc) is 3.66. The lowest BCUT2D eigenvalue weighted by atomic mass is 9.90. The Morgan fingerprint density at radius 2 is 1.09 bits per heavy atom. The first kappa shape index (κ1) is 51.8. The van der Waals surface area contributed by atoms with Crippen LogP contribution in [0.25, 0.3) is 0 Å². The quantitative estimate of drug-likeness (QED) is 0.164. The molecule has 0 aliphatic carbocycles. The molecule has 0 unspecified atom stereocenters. The van der Waals surface area contributed by atoms with Crippen LogP contribution in [0.1, 0.15) is 98.2 Å². The van der Waals surface area contributed by atoms with Gasteiger partial charge in [0.25, 0.3) is 0 Å². The lowest BCUT2D eigenvalue weighted by Gasteiger charge is -2.23. The molecule has 0 atom stereocenters. The van der Waals surface area contributed by atoms with E-state index < -0.39 is 95.9 Å². The summed E-state index contributed by atoms with van der Waals surface area (Å²) in [4.78, 5) is 23.1. The summed E-state index contributed by atoms with van der Waals surface area (Å²) in [6.45, 7) is 13.1. The minimum absolute atomic E-state index is 0.143. The van der Waals surface area contributed by atoms with Gasteiger partial charge in [0.2, 0.25) is 5.88 Å². The normalized spacial score (nSPS) is 13.4. The predicted octanol–water partition coefficient (Wildman–Crippen LogP) is 6.03. The number of anilines is 1. The van der Waals surface area contributed by atoms with E-state index in [2.05, 4.69) is 10.3 Å². The van der Waals surface area contributed by atoms with Crippen molar-refractivity contribution in [2.75, 3.05) is 44.7 Å². The van der Waals surface area contributed by atoms with Crippen LogP contribution in [0.5, 0.6) is 0 Å². The third-order valence-corrected chi connectivity index (χ3v) is 13.5. The zero-order chi connectivity index (χ0) is 43.5. The Morgan fingerprint density at radius 1 is 0.709 bits per heavy atom. The number of carboxylic acid groups (broad SMARTS) is 1. The van der Waals surface area contributed by atoms with Crippen LogP contribution in [0, 0.1) is 0 Å². The molecule has 320 valence electrons. The summed E-state index contributed by atoms with van der Waals surface area (Å²) in [5, 5.41) is 16.4. The van der Waals surface area contributed by atoms with Gasteiger partial charge in [0.15, 0.2) is 30.2 Å². The van der Waals surface area contributed by atoms with Crippen molar-refractivity contribution in [1.29, 1.82) is 0 Å². The molecule has 2 heterocycles. The zero-order valence-electron chi connectivity index (χ0n) is 32.6. The van der Waals surface area contributed by atoms with E-state index >= 15 is 0 Å². The smallest absolute Gasteiger partial charge is 0.389 e. The van der Waals surface area contributed by atoms with Gasteiger partial charge in [-0.1, -0.05) is 38.0 Å². The zero-order valence-corrected chi connectivity index (χ0v) is 34.2. The van der Waals surface area contributed by atoms with Gasteiger partial charge >= 0.3 is 18.3 Å². The average molecular weight is 846 g/mol. The highest BCUT2D eigenvalue weighted by Gasteiger charge is 2.43. The summed E-state index contributed by atoms with van der Waals surface area (Å²) >= 11 is 0. The molecule has 14 nitrogen and oxygen atoms in total. The number of methoxy groups -OCH3 is 2. The van der Waals surface area contributed by atoms with Crippen molar-refractivity contribution in [3.8, 4) is 0 Å². The maximum atomic E-state index is 12.5. The first-order valence-electron chi connectivity index (χ1n) is 16.6. The number of hydrogen-bond acceptors (Lipinski definition) is 13. The molecule has 0 bridgehead atoms. The van der Waals surface area contributed by atoms with E-state index in [0.29, 0.717) is 24.8 Å². The molecule has 2 rings (SSSR count). The van der Waals surface area contributed by atoms with E-state index in [0.717, 1.165) is 19.5 Å². The molecule has 0 aliphatic rings. The Labute approximate surface area is 317 Å². The summed E-state index contributed by atoms with van der Waals surface area (Å²) < 4.78 is 136. The van der Waals surface area contributed by atoms with Crippen molar-refractivity contribution in [2.45, 2.75) is 120 Å². The predicted molar refractivity (Wildman–Crippen MR) is 190 cm³/mol. The first-order chi connectivity index (χ1) is 24.6. The molecule has 0 aromatic carbocycles. The number of nitrogens with zero attached hydrogens (tertiary/aromatic N) is 2. The Hall–Kier alpha value is -3.24. The standard InChI is InChI=1S/C17H26F3NO5S.C8H13F3O4S.C8H14N2O2/c1-15(2,11-25-5)13-9-12(26-21-13)10-14(22)16(3,4)27(23,24)8-6-7-17(18,19)20;1-7(2,6(12)13)16(14,15)5-3-4-8(9,10)11;1-8(2,5-11-3)6-4-7(9)12-10-6/h9H,6-8,10-11H2,1-5H3;3-5H2,1-2H3,(H,12,13);4H,5,9H2,1-3H3. The molecular weight excluding hydrogens is 792 g/mol. The molecule has 3 N–H and O–H groups in total. The molecule has 0 fully saturated rings. The maximum absolute atomic E-state index is 12.5. The molecule has 2 aromatic rings. The van der Waals surface area contributed by atoms with Crippen LogP contribution >= 0.6 is 0 Å². The van der Waals surface area contributed by atoms with Gasteiger partial charge in [-0.25, -0.2) is 16.8 Å². The molecule has 22 heteroatoms. The minimum atomic E-state index is -4.44. The van der Waals surface area contributed by atoms with Crippen LogP contribution in [0.3, 0.4) is 0 Å². The van der Waals surface area contributed by atoms with Crippen molar-refractivity contribution in [2.24, 2.45) is 0 Å². The molecule has 0 radical (unpaired) electrons. The van der Waals surface area contributed by atoms with Gasteiger partial charge in [-0.2, -0.15) is 26.3 Å². The topological polar surface area (TPSA) is 219 Å². The fourth-order valence-corrected chi connectivity index (χ4v) is 7.06. The number of ether oxygens (including phenoxy) is 2.